The summed E-state index contributed by atoms with van der Waals surface area (Å²) >= 11 is 6.43. The van der Waals surface area contributed by atoms with Crippen molar-refractivity contribution in [3.63, 3.8) is 0 Å². The van der Waals surface area contributed by atoms with E-state index in [-0.39, 0.29) is 18.4 Å². The molecule has 7 heteroatoms. The van der Waals surface area contributed by atoms with Crippen molar-refractivity contribution >= 4 is 29.1 Å². The molecule has 0 aromatic heterocycles. The molecule has 1 aromatic rings. The first-order valence-electron chi connectivity index (χ1n) is 8.83. The first-order chi connectivity index (χ1) is 11.8. The number of likely N-dealkylation sites (tertiary alicyclic amines) is 1. The predicted octanol–water partition coefficient (Wildman–Crippen LogP) is 3.60. The third-order valence-corrected chi connectivity index (χ3v) is 4.84. The van der Waals surface area contributed by atoms with Gasteiger partial charge in [-0.3, -0.25) is 5.73 Å². The van der Waals surface area contributed by atoms with E-state index in [9.17, 15) is 4.79 Å². The van der Waals surface area contributed by atoms with Crippen LogP contribution in [0.25, 0.3) is 0 Å². The van der Waals surface area contributed by atoms with Gasteiger partial charge in [-0.15, -0.1) is 0 Å². The number of para-hydroxylation sites is 1. The predicted molar refractivity (Wildman–Crippen MR) is 101 cm³/mol. The molecule has 138 valence electrons. The second kappa shape index (κ2) is 6.92. The van der Waals surface area contributed by atoms with Gasteiger partial charge in [0.2, 0.25) is 0 Å². The molecule has 2 aliphatic rings. The Labute approximate surface area is 154 Å². The van der Waals surface area contributed by atoms with Gasteiger partial charge < -0.3 is 19.9 Å². The molecule has 2 aliphatic heterocycles. The lowest BCUT2D eigenvalue weighted by Gasteiger charge is -2.35. The number of nitrogens with zero attached hydrogens (tertiary/aromatic N) is 2. The normalized spacial score (nSPS) is 23.7. The van der Waals surface area contributed by atoms with E-state index in [2.05, 4.69) is 10.2 Å². The highest BCUT2D eigenvalue weighted by molar-refractivity contribution is 6.34. The maximum atomic E-state index is 12.5. The summed E-state index contributed by atoms with van der Waals surface area (Å²) < 4.78 is 5.56. The number of hydrogen-bond donors (Lipinski definition) is 2. The summed E-state index contributed by atoms with van der Waals surface area (Å²) in [7, 11) is 0. The number of halogens is 1. The van der Waals surface area contributed by atoms with E-state index in [1.54, 1.807) is 4.90 Å². The molecule has 1 unspecified atom stereocenters. The van der Waals surface area contributed by atoms with Crippen molar-refractivity contribution in [3.05, 3.63) is 23.2 Å². The molecule has 0 aliphatic carbocycles. The number of carbonyl (C=O) groups excluding carboxylic acids is 1. The zero-order valence-corrected chi connectivity index (χ0v) is 15.8. The lowest BCUT2D eigenvalue weighted by Crippen LogP contribution is -2.53. The van der Waals surface area contributed by atoms with Gasteiger partial charge in [-0.1, -0.05) is 17.7 Å². The van der Waals surface area contributed by atoms with Crippen molar-refractivity contribution < 1.29 is 9.53 Å². The van der Waals surface area contributed by atoms with Gasteiger partial charge in [-0.05, 0) is 52.2 Å². The fourth-order valence-electron chi connectivity index (χ4n) is 3.51. The molecule has 1 amide bonds. The van der Waals surface area contributed by atoms with Gasteiger partial charge in [-0.25, -0.2) is 4.79 Å². The van der Waals surface area contributed by atoms with Gasteiger partial charge in [0.1, 0.15) is 5.60 Å². The van der Waals surface area contributed by atoms with Crippen LogP contribution in [0.5, 0.6) is 0 Å². The summed E-state index contributed by atoms with van der Waals surface area (Å²) in [6.07, 6.45) is 2.34. The summed E-state index contributed by atoms with van der Waals surface area (Å²) in [5.41, 5.74) is 7.69. The minimum Gasteiger partial charge on any atom is -0.444 e. The largest absolute Gasteiger partial charge is 0.444 e. The summed E-state index contributed by atoms with van der Waals surface area (Å²) in [5, 5.41) is 3.95. The molecule has 1 aromatic carbocycles. The number of hydrogen-bond acceptors (Lipinski definition) is 5. The van der Waals surface area contributed by atoms with E-state index in [1.165, 1.54) is 0 Å². The Morgan fingerprint density at radius 2 is 2.12 bits per heavy atom. The molecule has 0 bridgehead atoms. The van der Waals surface area contributed by atoms with Crippen LogP contribution in [0.4, 0.5) is 16.2 Å². The lowest BCUT2D eigenvalue weighted by molar-refractivity contribution is 0.0248. The second-order valence-corrected chi connectivity index (χ2v) is 8.12. The molecule has 0 radical (unpaired) electrons. The molecule has 2 atom stereocenters. The number of nitrogens with one attached hydrogen (secondary N) is 1. The quantitative estimate of drug-likeness (QED) is 0.794. The molecular formula is C18H27ClN4O2. The highest BCUT2D eigenvalue weighted by atomic mass is 35.5. The lowest BCUT2D eigenvalue weighted by atomic mass is 10.1. The van der Waals surface area contributed by atoms with E-state index >= 15 is 0 Å². The van der Waals surface area contributed by atoms with Crippen LogP contribution in [0, 0.1) is 0 Å². The molecule has 6 nitrogen and oxygen atoms in total. The van der Waals surface area contributed by atoms with Gasteiger partial charge in [-0.2, -0.15) is 0 Å². The van der Waals surface area contributed by atoms with Crippen molar-refractivity contribution in [3.8, 4) is 0 Å². The second-order valence-electron chi connectivity index (χ2n) is 7.71. The number of nitrogens with two attached hydrogens (primary N) is 1. The van der Waals surface area contributed by atoms with E-state index in [0.29, 0.717) is 18.1 Å². The summed E-state index contributed by atoms with van der Waals surface area (Å²) in [4.78, 5) is 16.4. The topological polar surface area (TPSA) is 70.8 Å². The van der Waals surface area contributed by atoms with Crippen molar-refractivity contribution in [1.82, 2.24) is 4.90 Å². The minimum absolute atomic E-state index is 0.0960. The Kier molecular flexibility index (Phi) is 5.02. The standard InChI is InChI=1S/C18H27ClN4O2/c1-18(2,3)25-17(24)22-10-5-4-7-12(11-22)23-15-13(19)8-6-9-14(15)21-16(23)20/h6,8-9,12,16,21H,4-5,7,10-11,20H2,1-3H3/t12-,16?/m1/s1. The number of anilines is 2. The van der Waals surface area contributed by atoms with Crippen molar-refractivity contribution in [2.75, 3.05) is 23.3 Å². The first-order valence-corrected chi connectivity index (χ1v) is 9.21. The highest BCUT2D eigenvalue weighted by Crippen LogP contribution is 2.41. The zero-order valence-electron chi connectivity index (χ0n) is 15.1. The number of fused-ring (bicyclic) bond motifs is 1. The number of rotatable bonds is 1. The maximum absolute atomic E-state index is 12.5. The fourth-order valence-corrected chi connectivity index (χ4v) is 3.78. The Hall–Kier alpha value is -1.66. The number of benzene rings is 1. The van der Waals surface area contributed by atoms with Crippen LogP contribution < -0.4 is 16.0 Å². The molecular weight excluding hydrogens is 340 g/mol. The molecule has 2 heterocycles. The van der Waals surface area contributed by atoms with Gasteiger partial charge in [0.25, 0.3) is 0 Å². The number of ether oxygens (including phenoxy) is 1. The summed E-state index contributed by atoms with van der Waals surface area (Å²) in [5.74, 6) is 0. The molecule has 1 saturated heterocycles. The Balaban J connectivity index is 1.81. The van der Waals surface area contributed by atoms with Crippen LogP contribution >= 0.6 is 11.6 Å². The number of carbonyl (C=O) groups is 1. The Morgan fingerprint density at radius 3 is 2.84 bits per heavy atom. The van der Waals surface area contributed by atoms with Gasteiger partial charge in [0.05, 0.1) is 22.4 Å². The smallest absolute Gasteiger partial charge is 0.410 e. The third kappa shape index (κ3) is 3.96. The van der Waals surface area contributed by atoms with Crippen LogP contribution in [0.1, 0.15) is 40.0 Å². The van der Waals surface area contributed by atoms with Crippen LogP contribution in [0.2, 0.25) is 5.02 Å². The maximum Gasteiger partial charge on any atom is 0.410 e. The number of amides is 1. The summed E-state index contributed by atoms with van der Waals surface area (Å²) in [6.45, 7) is 6.94. The SMILES string of the molecule is CC(C)(C)OC(=O)N1CCCC[C@@H](N2c3c(Cl)cccc3NC2N)C1. The van der Waals surface area contributed by atoms with Crippen LogP contribution in [-0.4, -0.2) is 42.0 Å². The molecule has 3 rings (SSSR count). The summed E-state index contributed by atoms with van der Waals surface area (Å²) in [6, 6.07) is 5.85. The van der Waals surface area contributed by atoms with Crippen LogP contribution in [0.15, 0.2) is 18.2 Å². The zero-order chi connectivity index (χ0) is 18.2. The fraction of sp³-hybridized carbons (Fsp3) is 0.611. The third-order valence-electron chi connectivity index (χ3n) is 4.54. The molecule has 1 fully saturated rings. The van der Waals surface area contributed by atoms with Crippen LogP contribution in [-0.2, 0) is 4.74 Å². The first kappa shape index (κ1) is 18.1. The Morgan fingerprint density at radius 1 is 1.36 bits per heavy atom. The molecule has 0 spiro atoms. The van der Waals surface area contributed by atoms with Gasteiger partial charge in [0, 0.05) is 13.1 Å². The van der Waals surface area contributed by atoms with Crippen molar-refractivity contribution in [1.29, 1.82) is 0 Å². The van der Waals surface area contributed by atoms with Gasteiger partial charge >= 0.3 is 6.09 Å². The highest BCUT2D eigenvalue weighted by Gasteiger charge is 2.36. The van der Waals surface area contributed by atoms with E-state index in [1.807, 2.05) is 39.0 Å². The van der Waals surface area contributed by atoms with E-state index in [0.717, 1.165) is 30.6 Å². The van der Waals surface area contributed by atoms with E-state index < -0.39 is 5.60 Å². The average molecular weight is 367 g/mol. The van der Waals surface area contributed by atoms with Crippen molar-refractivity contribution in [2.24, 2.45) is 5.73 Å². The molecule has 3 N–H and O–H groups in total. The average Bonchev–Trinajstić information content (AvgIpc) is 2.68. The minimum atomic E-state index is -0.500. The van der Waals surface area contributed by atoms with Crippen LogP contribution in [0.3, 0.4) is 0 Å². The van der Waals surface area contributed by atoms with E-state index in [4.69, 9.17) is 22.1 Å². The monoisotopic (exact) mass is 366 g/mol. The Bertz CT molecular complexity index is 646. The van der Waals surface area contributed by atoms with Crippen molar-refractivity contribution in [2.45, 2.75) is 58.0 Å². The molecule has 25 heavy (non-hydrogen) atoms. The molecule has 0 saturated carbocycles. The van der Waals surface area contributed by atoms with Gasteiger partial charge in [0.15, 0.2) is 6.29 Å².